The molecule has 0 N–H and O–H groups in total. The molecule has 0 radical (unpaired) electrons. The van der Waals surface area contributed by atoms with Gasteiger partial charge in [-0.1, -0.05) is 6.07 Å². The molecular weight excluding hydrogens is 208 g/mol. The Hall–Kier alpha value is -1.84. The van der Waals surface area contributed by atoms with Crippen molar-refractivity contribution in [2.75, 3.05) is 14.2 Å². The van der Waals surface area contributed by atoms with Gasteiger partial charge in [0.25, 0.3) is 0 Å². The van der Waals surface area contributed by atoms with Gasteiger partial charge in [-0.25, -0.2) is 9.59 Å². The average molecular weight is 222 g/mol. The molecule has 0 aliphatic carbocycles. The minimum absolute atomic E-state index is 0.234. The number of hydrogen-bond acceptors (Lipinski definition) is 4. The van der Waals surface area contributed by atoms with Crippen LogP contribution in [-0.4, -0.2) is 26.2 Å². The zero-order chi connectivity index (χ0) is 12.3. The molecule has 0 aliphatic heterocycles. The van der Waals surface area contributed by atoms with Crippen LogP contribution in [0.25, 0.3) is 0 Å². The molecule has 1 aromatic carbocycles. The van der Waals surface area contributed by atoms with Crippen molar-refractivity contribution in [2.45, 2.75) is 13.8 Å². The van der Waals surface area contributed by atoms with Crippen molar-refractivity contribution in [3.8, 4) is 0 Å². The summed E-state index contributed by atoms with van der Waals surface area (Å²) in [5.41, 5.74) is 2.16. The standard InChI is InChI=1S/C12H14O4/c1-7-5-6-9(11(13)15-3)10(8(7)2)12(14)16-4/h5-6H,1-4H3. The zero-order valence-electron chi connectivity index (χ0n) is 9.79. The summed E-state index contributed by atoms with van der Waals surface area (Å²) in [6.07, 6.45) is 0. The van der Waals surface area contributed by atoms with Crippen LogP contribution in [0, 0.1) is 13.8 Å². The van der Waals surface area contributed by atoms with E-state index in [2.05, 4.69) is 9.47 Å². The molecule has 4 heteroatoms. The van der Waals surface area contributed by atoms with Gasteiger partial charge in [0, 0.05) is 0 Å². The molecule has 0 fully saturated rings. The molecule has 0 heterocycles. The zero-order valence-corrected chi connectivity index (χ0v) is 9.79. The van der Waals surface area contributed by atoms with Crippen molar-refractivity contribution in [1.29, 1.82) is 0 Å². The minimum Gasteiger partial charge on any atom is -0.465 e. The number of carbonyl (C=O) groups is 2. The Labute approximate surface area is 94.2 Å². The van der Waals surface area contributed by atoms with Gasteiger partial charge in [-0.15, -0.1) is 0 Å². The molecule has 1 aromatic rings. The maximum Gasteiger partial charge on any atom is 0.339 e. The molecule has 0 spiro atoms. The molecule has 0 aliphatic rings. The maximum absolute atomic E-state index is 11.6. The van der Waals surface area contributed by atoms with Gasteiger partial charge in [0.1, 0.15) is 0 Å². The lowest BCUT2D eigenvalue weighted by Gasteiger charge is -2.11. The molecule has 0 saturated heterocycles. The van der Waals surface area contributed by atoms with Crippen LogP contribution in [0.4, 0.5) is 0 Å². The van der Waals surface area contributed by atoms with E-state index in [-0.39, 0.29) is 11.1 Å². The Morgan fingerprint density at radius 2 is 1.56 bits per heavy atom. The van der Waals surface area contributed by atoms with Gasteiger partial charge in [0.2, 0.25) is 0 Å². The summed E-state index contributed by atoms with van der Waals surface area (Å²) < 4.78 is 9.28. The third kappa shape index (κ3) is 2.05. The van der Waals surface area contributed by atoms with Crippen LogP contribution in [0.5, 0.6) is 0 Å². The molecule has 16 heavy (non-hydrogen) atoms. The number of hydrogen-bond donors (Lipinski definition) is 0. The topological polar surface area (TPSA) is 52.6 Å². The molecule has 86 valence electrons. The van der Waals surface area contributed by atoms with E-state index in [1.54, 1.807) is 19.1 Å². The van der Waals surface area contributed by atoms with E-state index in [0.717, 1.165) is 11.1 Å². The summed E-state index contributed by atoms with van der Waals surface area (Å²) in [5, 5.41) is 0. The number of esters is 2. The first-order valence-electron chi connectivity index (χ1n) is 4.79. The first-order valence-corrected chi connectivity index (χ1v) is 4.79. The Balaban J connectivity index is 3.44. The van der Waals surface area contributed by atoms with Gasteiger partial charge in [-0.3, -0.25) is 0 Å². The van der Waals surface area contributed by atoms with Crippen LogP contribution in [0.15, 0.2) is 12.1 Å². The van der Waals surface area contributed by atoms with Crippen molar-refractivity contribution in [1.82, 2.24) is 0 Å². The highest BCUT2D eigenvalue weighted by atomic mass is 16.5. The van der Waals surface area contributed by atoms with Crippen molar-refractivity contribution in [3.63, 3.8) is 0 Å². The van der Waals surface area contributed by atoms with E-state index in [1.165, 1.54) is 14.2 Å². The number of ether oxygens (including phenoxy) is 2. The normalized spacial score (nSPS) is 9.75. The number of aryl methyl sites for hydroxylation is 1. The maximum atomic E-state index is 11.6. The monoisotopic (exact) mass is 222 g/mol. The highest BCUT2D eigenvalue weighted by Gasteiger charge is 2.21. The lowest BCUT2D eigenvalue weighted by molar-refractivity contribution is 0.0554. The summed E-state index contributed by atoms with van der Waals surface area (Å²) in [5.74, 6) is -1.06. The minimum atomic E-state index is -0.538. The molecule has 0 bridgehead atoms. The summed E-state index contributed by atoms with van der Waals surface area (Å²) in [6.45, 7) is 3.64. The van der Waals surface area contributed by atoms with Crippen molar-refractivity contribution < 1.29 is 19.1 Å². The number of carbonyl (C=O) groups excluding carboxylic acids is 2. The smallest absolute Gasteiger partial charge is 0.339 e. The fourth-order valence-electron chi connectivity index (χ4n) is 1.46. The molecule has 4 nitrogen and oxygen atoms in total. The van der Waals surface area contributed by atoms with Crippen LogP contribution in [0.1, 0.15) is 31.8 Å². The van der Waals surface area contributed by atoms with E-state index in [9.17, 15) is 9.59 Å². The molecule has 1 rings (SSSR count). The van der Waals surface area contributed by atoms with Gasteiger partial charge < -0.3 is 9.47 Å². The molecule has 0 saturated carbocycles. The molecule has 0 unspecified atom stereocenters. The van der Waals surface area contributed by atoms with Crippen LogP contribution in [-0.2, 0) is 9.47 Å². The van der Waals surface area contributed by atoms with Crippen LogP contribution in [0.3, 0.4) is 0 Å². The van der Waals surface area contributed by atoms with E-state index in [0.29, 0.717) is 0 Å². The van der Waals surface area contributed by atoms with Gasteiger partial charge in [0.05, 0.1) is 25.3 Å². The van der Waals surface area contributed by atoms with E-state index in [1.807, 2.05) is 6.92 Å². The highest BCUT2D eigenvalue weighted by molar-refractivity contribution is 6.04. The fraction of sp³-hybridized carbons (Fsp3) is 0.333. The highest BCUT2D eigenvalue weighted by Crippen LogP contribution is 2.20. The molecule has 0 aromatic heterocycles. The summed E-state index contributed by atoms with van der Waals surface area (Å²) in [7, 11) is 2.56. The summed E-state index contributed by atoms with van der Waals surface area (Å²) in [4.78, 5) is 23.1. The van der Waals surface area contributed by atoms with E-state index < -0.39 is 11.9 Å². The Bertz CT molecular complexity index is 435. The van der Waals surface area contributed by atoms with Crippen LogP contribution >= 0.6 is 0 Å². The second-order valence-electron chi connectivity index (χ2n) is 3.41. The lowest BCUT2D eigenvalue weighted by atomic mass is 9.97. The first kappa shape index (κ1) is 12.2. The SMILES string of the molecule is COC(=O)c1ccc(C)c(C)c1C(=O)OC. The number of rotatable bonds is 2. The summed E-state index contributed by atoms with van der Waals surface area (Å²) >= 11 is 0. The Morgan fingerprint density at radius 3 is 2.06 bits per heavy atom. The fourth-order valence-corrected chi connectivity index (χ4v) is 1.46. The molecular formula is C12H14O4. The van der Waals surface area contributed by atoms with Crippen LogP contribution < -0.4 is 0 Å². The van der Waals surface area contributed by atoms with Crippen molar-refractivity contribution in [2.24, 2.45) is 0 Å². The molecule has 0 amide bonds. The first-order chi connectivity index (χ1) is 7.52. The second-order valence-corrected chi connectivity index (χ2v) is 3.41. The lowest BCUT2D eigenvalue weighted by Crippen LogP contribution is -2.14. The van der Waals surface area contributed by atoms with Crippen molar-refractivity contribution in [3.05, 3.63) is 34.4 Å². The van der Waals surface area contributed by atoms with Crippen LogP contribution in [0.2, 0.25) is 0 Å². The van der Waals surface area contributed by atoms with Crippen molar-refractivity contribution >= 4 is 11.9 Å². The Morgan fingerprint density at radius 1 is 1.00 bits per heavy atom. The van der Waals surface area contributed by atoms with Gasteiger partial charge in [0.15, 0.2) is 0 Å². The van der Waals surface area contributed by atoms with E-state index in [4.69, 9.17) is 0 Å². The largest absolute Gasteiger partial charge is 0.465 e. The number of benzene rings is 1. The van der Waals surface area contributed by atoms with E-state index >= 15 is 0 Å². The third-order valence-electron chi connectivity index (χ3n) is 2.53. The second kappa shape index (κ2) is 4.79. The quantitative estimate of drug-likeness (QED) is 0.717. The third-order valence-corrected chi connectivity index (χ3v) is 2.53. The average Bonchev–Trinajstić information content (AvgIpc) is 2.30. The van der Waals surface area contributed by atoms with Gasteiger partial charge >= 0.3 is 11.9 Å². The molecule has 0 atom stereocenters. The predicted molar refractivity (Wildman–Crippen MR) is 58.6 cm³/mol. The summed E-state index contributed by atoms with van der Waals surface area (Å²) in [6, 6.07) is 3.34. The van der Waals surface area contributed by atoms with Gasteiger partial charge in [-0.2, -0.15) is 0 Å². The predicted octanol–water partition coefficient (Wildman–Crippen LogP) is 1.88. The Kier molecular flexibility index (Phi) is 3.66. The van der Waals surface area contributed by atoms with Gasteiger partial charge in [-0.05, 0) is 31.0 Å². The number of methoxy groups -OCH3 is 2.